The van der Waals surface area contributed by atoms with E-state index in [-0.39, 0.29) is 17.2 Å². The van der Waals surface area contributed by atoms with Crippen molar-refractivity contribution in [3.63, 3.8) is 0 Å². The van der Waals surface area contributed by atoms with E-state index in [1.54, 1.807) is 4.90 Å². The number of nitrogens with zero attached hydrogens (tertiary/aromatic N) is 3. The highest BCUT2D eigenvalue weighted by Crippen LogP contribution is 2.27. The predicted octanol–water partition coefficient (Wildman–Crippen LogP) is 2.56. The molecule has 0 aliphatic carbocycles. The molecule has 1 rings (SSSR count). The van der Waals surface area contributed by atoms with E-state index in [4.69, 9.17) is 5.11 Å². The van der Waals surface area contributed by atoms with Gasteiger partial charge in [-0.3, -0.25) is 10.1 Å². The molecular weight excluding hydrogens is 262 g/mol. The third-order valence-electron chi connectivity index (χ3n) is 3.18. The van der Waals surface area contributed by atoms with Crippen LogP contribution in [0.5, 0.6) is 0 Å². The second kappa shape index (κ2) is 6.83. The zero-order chi connectivity index (χ0) is 15.3. The van der Waals surface area contributed by atoms with Gasteiger partial charge in [0, 0.05) is 19.2 Å². The fourth-order valence-electron chi connectivity index (χ4n) is 1.81. The molecule has 0 fully saturated rings. The third kappa shape index (κ3) is 3.66. The lowest BCUT2D eigenvalue weighted by Crippen LogP contribution is -2.30. The molecule has 0 radical (unpaired) electrons. The standard InChI is InChI=1S/C13H19N3O4/c1-4-9(3)8-15(5-2)12-11(16(19)20)7-6-10(14-12)13(17)18/h6-7,9H,4-5,8H2,1-3H3,(H,17,18). The molecule has 110 valence electrons. The number of carbonyl (C=O) groups is 1. The van der Waals surface area contributed by atoms with Crippen molar-refractivity contribution in [3.05, 3.63) is 27.9 Å². The smallest absolute Gasteiger partial charge is 0.354 e. The van der Waals surface area contributed by atoms with E-state index in [1.807, 2.05) is 20.8 Å². The van der Waals surface area contributed by atoms with Crippen LogP contribution in [-0.4, -0.2) is 34.1 Å². The maximum Gasteiger partial charge on any atom is 0.354 e. The topological polar surface area (TPSA) is 96.6 Å². The third-order valence-corrected chi connectivity index (χ3v) is 3.18. The van der Waals surface area contributed by atoms with Crippen molar-refractivity contribution < 1.29 is 14.8 Å². The van der Waals surface area contributed by atoms with Crippen LogP contribution in [0.2, 0.25) is 0 Å². The first kappa shape index (κ1) is 15.9. The largest absolute Gasteiger partial charge is 0.477 e. The highest BCUT2D eigenvalue weighted by atomic mass is 16.6. The van der Waals surface area contributed by atoms with Crippen LogP contribution < -0.4 is 4.90 Å². The number of carboxylic acid groups (broad SMARTS) is 1. The van der Waals surface area contributed by atoms with Gasteiger partial charge in [0.1, 0.15) is 0 Å². The van der Waals surface area contributed by atoms with Crippen LogP contribution in [0.1, 0.15) is 37.7 Å². The summed E-state index contributed by atoms with van der Waals surface area (Å²) in [4.78, 5) is 27.2. The number of anilines is 1. The fourth-order valence-corrected chi connectivity index (χ4v) is 1.81. The number of rotatable bonds is 7. The van der Waals surface area contributed by atoms with E-state index in [9.17, 15) is 14.9 Å². The van der Waals surface area contributed by atoms with Gasteiger partial charge >= 0.3 is 11.7 Å². The van der Waals surface area contributed by atoms with Gasteiger partial charge in [0.15, 0.2) is 5.69 Å². The van der Waals surface area contributed by atoms with Gasteiger partial charge in [-0.15, -0.1) is 0 Å². The minimum absolute atomic E-state index is 0.123. The summed E-state index contributed by atoms with van der Waals surface area (Å²) in [5.41, 5.74) is -0.353. The molecule has 0 aromatic carbocycles. The van der Waals surface area contributed by atoms with Crippen molar-refractivity contribution in [2.45, 2.75) is 27.2 Å². The molecule has 20 heavy (non-hydrogen) atoms. The average Bonchev–Trinajstić information content (AvgIpc) is 2.43. The Hall–Kier alpha value is -2.18. The predicted molar refractivity (Wildman–Crippen MR) is 75.2 cm³/mol. The molecular formula is C13H19N3O4. The maximum absolute atomic E-state index is 11.1. The van der Waals surface area contributed by atoms with Crippen LogP contribution in [0.3, 0.4) is 0 Å². The van der Waals surface area contributed by atoms with Gasteiger partial charge in [-0.2, -0.15) is 0 Å². The monoisotopic (exact) mass is 281 g/mol. The molecule has 7 heteroatoms. The SMILES string of the molecule is CCC(C)CN(CC)c1nc(C(=O)O)ccc1[N+](=O)[O-]. The molecule has 1 aromatic heterocycles. The van der Waals surface area contributed by atoms with E-state index in [0.29, 0.717) is 19.0 Å². The highest BCUT2D eigenvalue weighted by molar-refractivity contribution is 5.86. The van der Waals surface area contributed by atoms with Crippen molar-refractivity contribution >= 4 is 17.5 Å². The van der Waals surface area contributed by atoms with Gasteiger partial charge in [-0.05, 0) is 18.9 Å². The van der Waals surface area contributed by atoms with E-state index in [1.165, 1.54) is 6.07 Å². The minimum atomic E-state index is -1.19. The Balaban J connectivity index is 3.25. The molecule has 0 amide bonds. The molecule has 1 aromatic rings. The Morgan fingerprint density at radius 1 is 1.50 bits per heavy atom. The lowest BCUT2D eigenvalue weighted by Gasteiger charge is -2.24. The lowest BCUT2D eigenvalue weighted by atomic mass is 10.1. The molecule has 7 nitrogen and oxygen atoms in total. The normalized spacial score (nSPS) is 11.9. The zero-order valence-corrected chi connectivity index (χ0v) is 11.9. The van der Waals surface area contributed by atoms with Crippen LogP contribution >= 0.6 is 0 Å². The molecule has 0 saturated heterocycles. The summed E-state index contributed by atoms with van der Waals surface area (Å²) in [6, 6.07) is 2.35. The number of carboxylic acids is 1. The Bertz CT molecular complexity index is 504. The molecule has 1 N–H and O–H groups in total. The van der Waals surface area contributed by atoms with E-state index in [0.717, 1.165) is 12.5 Å². The Kier molecular flexibility index (Phi) is 5.42. The van der Waals surface area contributed by atoms with Crippen LogP contribution in [-0.2, 0) is 0 Å². The molecule has 1 heterocycles. The summed E-state index contributed by atoms with van der Waals surface area (Å²) >= 11 is 0. The number of hydrogen-bond acceptors (Lipinski definition) is 5. The van der Waals surface area contributed by atoms with Crippen LogP contribution in [0.25, 0.3) is 0 Å². The first-order valence-corrected chi connectivity index (χ1v) is 6.54. The van der Waals surface area contributed by atoms with Crippen LogP contribution in [0.15, 0.2) is 12.1 Å². The second-order valence-electron chi connectivity index (χ2n) is 4.65. The Morgan fingerprint density at radius 2 is 2.15 bits per heavy atom. The quantitative estimate of drug-likeness (QED) is 0.609. The number of nitro groups is 1. The number of aromatic nitrogens is 1. The molecule has 0 spiro atoms. The molecule has 1 unspecified atom stereocenters. The van der Waals surface area contributed by atoms with Crippen molar-refractivity contribution in [2.24, 2.45) is 5.92 Å². The van der Waals surface area contributed by atoms with Gasteiger partial charge in [0.25, 0.3) is 0 Å². The van der Waals surface area contributed by atoms with Crippen molar-refractivity contribution in [3.8, 4) is 0 Å². The van der Waals surface area contributed by atoms with E-state index < -0.39 is 10.9 Å². The van der Waals surface area contributed by atoms with Gasteiger partial charge in [0.2, 0.25) is 5.82 Å². The summed E-state index contributed by atoms with van der Waals surface area (Å²) < 4.78 is 0. The molecule has 1 atom stereocenters. The lowest BCUT2D eigenvalue weighted by molar-refractivity contribution is -0.384. The van der Waals surface area contributed by atoms with Gasteiger partial charge in [-0.1, -0.05) is 20.3 Å². The number of aromatic carboxylic acids is 1. The summed E-state index contributed by atoms with van der Waals surface area (Å²) in [6.07, 6.45) is 0.933. The second-order valence-corrected chi connectivity index (χ2v) is 4.65. The molecule has 0 aliphatic rings. The first-order chi connectivity index (χ1) is 9.40. The summed E-state index contributed by atoms with van der Waals surface area (Å²) in [6.45, 7) is 7.07. The summed E-state index contributed by atoms with van der Waals surface area (Å²) in [5, 5.41) is 20.0. The van der Waals surface area contributed by atoms with Gasteiger partial charge in [-0.25, -0.2) is 9.78 Å². The molecule has 0 aliphatic heterocycles. The van der Waals surface area contributed by atoms with Gasteiger partial charge in [0.05, 0.1) is 4.92 Å². The average molecular weight is 281 g/mol. The molecule has 0 bridgehead atoms. The van der Waals surface area contributed by atoms with Crippen LogP contribution in [0.4, 0.5) is 11.5 Å². The van der Waals surface area contributed by atoms with Gasteiger partial charge < -0.3 is 10.0 Å². The highest BCUT2D eigenvalue weighted by Gasteiger charge is 2.23. The van der Waals surface area contributed by atoms with E-state index >= 15 is 0 Å². The van der Waals surface area contributed by atoms with E-state index in [2.05, 4.69) is 4.98 Å². The fraction of sp³-hybridized carbons (Fsp3) is 0.538. The minimum Gasteiger partial charge on any atom is -0.477 e. The van der Waals surface area contributed by atoms with Crippen molar-refractivity contribution in [2.75, 3.05) is 18.0 Å². The maximum atomic E-state index is 11.1. The summed E-state index contributed by atoms with van der Waals surface area (Å²) in [5.74, 6) is -0.733. The number of hydrogen-bond donors (Lipinski definition) is 1. The summed E-state index contributed by atoms with van der Waals surface area (Å²) in [7, 11) is 0. The zero-order valence-electron chi connectivity index (χ0n) is 11.9. The molecule has 0 saturated carbocycles. The Morgan fingerprint density at radius 3 is 2.60 bits per heavy atom. The van der Waals surface area contributed by atoms with Crippen LogP contribution in [0, 0.1) is 16.0 Å². The van der Waals surface area contributed by atoms with Crippen molar-refractivity contribution in [1.82, 2.24) is 4.98 Å². The Labute approximate surface area is 117 Å². The van der Waals surface area contributed by atoms with Crippen molar-refractivity contribution in [1.29, 1.82) is 0 Å². The first-order valence-electron chi connectivity index (χ1n) is 6.54. The number of pyridine rings is 1.